The second kappa shape index (κ2) is 5.64. The fourth-order valence-electron chi connectivity index (χ4n) is 2.06. The Bertz CT molecular complexity index is 239. The molecule has 4 nitrogen and oxygen atoms in total. The Morgan fingerprint density at radius 1 is 1.56 bits per heavy atom. The highest BCUT2D eigenvalue weighted by Crippen LogP contribution is 2.20. The highest BCUT2D eigenvalue weighted by molar-refractivity contribution is 5.76. The second-order valence-electron chi connectivity index (χ2n) is 5.27. The van der Waals surface area contributed by atoms with Crippen LogP contribution in [0.4, 0.5) is 0 Å². The van der Waals surface area contributed by atoms with Crippen LogP contribution in [-0.2, 0) is 4.79 Å². The minimum Gasteiger partial charge on any atom is -0.388 e. The van der Waals surface area contributed by atoms with E-state index in [2.05, 4.69) is 19.2 Å². The van der Waals surface area contributed by atoms with Gasteiger partial charge in [-0.15, -0.1) is 0 Å². The molecule has 0 bridgehead atoms. The molecule has 0 radical (unpaired) electrons. The van der Waals surface area contributed by atoms with Crippen molar-refractivity contribution in [2.24, 2.45) is 0 Å². The van der Waals surface area contributed by atoms with Gasteiger partial charge in [-0.2, -0.15) is 0 Å². The molecule has 1 aliphatic heterocycles. The van der Waals surface area contributed by atoms with E-state index in [1.165, 1.54) is 0 Å². The standard InChI is InChI=1S/C12H24N2O2/c1-10(2)13-7-5-11(15)14-8-4-6-12(3,16)9-14/h10,13,16H,4-9H2,1-3H3. The summed E-state index contributed by atoms with van der Waals surface area (Å²) in [7, 11) is 0. The Labute approximate surface area is 98.0 Å². The van der Waals surface area contributed by atoms with Crippen LogP contribution >= 0.6 is 0 Å². The molecule has 1 saturated heterocycles. The molecule has 94 valence electrons. The lowest BCUT2D eigenvalue weighted by Crippen LogP contribution is -2.49. The molecule has 0 saturated carbocycles. The molecule has 0 aromatic rings. The first-order chi connectivity index (χ1) is 7.41. The smallest absolute Gasteiger partial charge is 0.223 e. The summed E-state index contributed by atoms with van der Waals surface area (Å²) in [5.41, 5.74) is -0.695. The second-order valence-corrected chi connectivity index (χ2v) is 5.27. The fourth-order valence-corrected chi connectivity index (χ4v) is 2.06. The number of piperidine rings is 1. The molecule has 1 heterocycles. The fraction of sp³-hybridized carbons (Fsp3) is 0.917. The molecule has 0 aromatic carbocycles. The van der Waals surface area contributed by atoms with Crippen molar-refractivity contribution in [2.75, 3.05) is 19.6 Å². The van der Waals surface area contributed by atoms with Crippen LogP contribution in [0.5, 0.6) is 0 Å². The zero-order chi connectivity index (χ0) is 12.2. The van der Waals surface area contributed by atoms with Crippen molar-refractivity contribution in [1.82, 2.24) is 10.2 Å². The third kappa shape index (κ3) is 4.49. The predicted octanol–water partition coefficient (Wildman–Crippen LogP) is 0.748. The molecule has 0 aliphatic carbocycles. The van der Waals surface area contributed by atoms with E-state index in [1.54, 1.807) is 11.8 Å². The quantitative estimate of drug-likeness (QED) is 0.746. The molecule has 0 spiro atoms. The molecule has 1 atom stereocenters. The van der Waals surface area contributed by atoms with Crippen molar-refractivity contribution in [1.29, 1.82) is 0 Å². The molecule has 2 N–H and O–H groups in total. The van der Waals surface area contributed by atoms with Crippen LogP contribution in [0.3, 0.4) is 0 Å². The van der Waals surface area contributed by atoms with Crippen molar-refractivity contribution in [3.05, 3.63) is 0 Å². The summed E-state index contributed by atoms with van der Waals surface area (Å²) >= 11 is 0. The number of hydrogen-bond donors (Lipinski definition) is 2. The molecule has 0 aromatic heterocycles. The van der Waals surface area contributed by atoms with Crippen LogP contribution in [0.25, 0.3) is 0 Å². The summed E-state index contributed by atoms with van der Waals surface area (Å²) in [4.78, 5) is 13.6. The van der Waals surface area contributed by atoms with Crippen molar-refractivity contribution in [3.8, 4) is 0 Å². The summed E-state index contributed by atoms with van der Waals surface area (Å²) in [5.74, 6) is 0.146. The summed E-state index contributed by atoms with van der Waals surface area (Å²) in [6, 6.07) is 0.414. The lowest BCUT2D eigenvalue weighted by atomic mass is 9.95. The van der Waals surface area contributed by atoms with Gasteiger partial charge in [-0.1, -0.05) is 13.8 Å². The number of carbonyl (C=O) groups is 1. The lowest BCUT2D eigenvalue weighted by molar-refractivity contribution is -0.137. The normalized spacial score (nSPS) is 26.2. The van der Waals surface area contributed by atoms with E-state index in [0.717, 1.165) is 25.9 Å². The maximum absolute atomic E-state index is 11.8. The molecular weight excluding hydrogens is 204 g/mol. The SMILES string of the molecule is CC(C)NCCC(=O)N1CCCC(C)(O)C1. The minimum absolute atomic E-state index is 0.146. The molecule has 1 fully saturated rings. The molecular formula is C12H24N2O2. The zero-order valence-corrected chi connectivity index (χ0v) is 10.6. The minimum atomic E-state index is -0.695. The van der Waals surface area contributed by atoms with E-state index in [1.807, 2.05) is 0 Å². The van der Waals surface area contributed by atoms with Crippen molar-refractivity contribution in [2.45, 2.75) is 51.7 Å². The van der Waals surface area contributed by atoms with E-state index in [0.29, 0.717) is 19.0 Å². The molecule has 4 heteroatoms. The molecule has 1 aliphatic rings. The van der Waals surface area contributed by atoms with E-state index in [9.17, 15) is 9.90 Å². The molecule has 16 heavy (non-hydrogen) atoms. The molecule has 1 unspecified atom stereocenters. The third-order valence-electron chi connectivity index (χ3n) is 2.92. The highest BCUT2D eigenvalue weighted by atomic mass is 16.3. The van der Waals surface area contributed by atoms with Gasteiger partial charge in [0, 0.05) is 32.1 Å². The number of rotatable bonds is 4. The van der Waals surface area contributed by atoms with Gasteiger partial charge in [-0.25, -0.2) is 0 Å². The summed E-state index contributed by atoms with van der Waals surface area (Å²) in [6.45, 7) is 7.92. The number of likely N-dealkylation sites (tertiary alicyclic amines) is 1. The number of nitrogens with zero attached hydrogens (tertiary/aromatic N) is 1. The van der Waals surface area contributed by atoms with Gasteiger partial charge in [0.2, 0.25) is 5.91 Å². The first-order valence-corrected chi connectivity index (χ1v) is 6.14. The predicted molar refractivity (Wildman–Crippen MR) is 64.2 cm³/mol. The van der Waals surface area contributed by atoms with Gasteiger partial charge in [-0.05, 0) is 19.8 Å². The first-order valence-electron chi connectivity index (χ1n) is 6.14. The van der Waals surface area contributed by atoms with Crippen molar-refractivity contribution >= 4 is 5.91 Å². The van der Waals surface area contributed by atoms with Crippen LogP contribution in [0.15, 0.2) is 0 Å². The lowest BCUT2D eigenvalue weighted by Gasteiger charge is -2.37. The van der Waals surface area contributed by atoms with E-state index in [4.69, 9.17) is 0 Å². The van der Waals surface area contributed by atoms with E-state index in [-0.39, 0.29) is 5.91 Å². The van der Waals surface area contributed by atoms with Gasteiger partial charge in [0.05, 0.1) is 5.60 Å². The number of amides is 1. The van der Waals surface area contributed by atoms with Crippen LogP contribution < -0.4 is 5.32 Å². The van der Waals surface area contributed by atoms with Gasteiger partial charge < -0.3 is 15.3 Å². The Balaban J connectivity index is 2.31. The summed E-state index contributed by atoms with van der Waals surface area (Å²) < 4.78 is 0. The number of β-amino-alcohol motifs (C(OH)–C–C–N with tert-alkyl or cyclic N) is 1. The van der Waals surface area contributed by atoms with Gasteiger partial charge >= 0.3 is 0 Å². The number of nitrogens with one attached hydrogen (secondary N) is 1. The topological polar surface area (TPSA) is 52.6 Å². The van der Waals surface area contributed by atoms with Crippen LogP contribution in [0, 0.1) is 0 Å². The van der Waals surface area contributed by atoms with Gasteiger partial charge in [-0.3, -0.25) is 4.79 Å². The van der Waals surface area contributed by atoms with Gasteiger partial charge in [0.15, 0.2) is 0 Å². The average molecular weight is 228 g/mol. The highest BCUT2D eigenvalue weighted by Gasteiger charge is 2.30. The number of aliphatic hydroxyl groups is 1. The largest absolute Gasteiger partial charge is 0.388 e. The van der Waals surface area contributed by atoms with Crippen LogP contribution in [-0.4, -0.2) is 47.2 Å². The number of carbonyl (C=O) groups excluding carboxylic acids is 1. The first kappa shape index (κ1) is 13.5. The van der Waals surface area contributed by atoms with Gasteiger partial charge in [0.1, 0.15) is 0 Å². The van der Waals surface area contributed by atoms with Crippen LogP contribution in [0.1, 0.15) is 40.0 Å². The molecule has 1 amide bonds. The summed E-state index contributed by atoms with van der Waals surface area (Å²) in [5, 5.41) is 13.1. The molecule has 1 rings (SSSR count). The Morgan fingerprint density at radius 3 is 2.81 bits per heavy atom. The Morgan fingerprint density at radius 2 is 2.25 bits per heavy atom. The maximum Gasteiger partial charge on any atom is 0.223 e. The zero-order valence-electron chi connectivity index (χ0n) is 10.6. The van der Waals surface area contributed by atoms with E-state index >= 15 is 0 Å². The van der Waals surface area contributed by atoms with Crippen molar-refractivity contribution in [3.63, 3.8) is 0 Å². The van der Waals surface area contributed by atoms with Crippen molar-refractivity contribution < 1.29 is 9.90 Å². The average Bonchev–Trinajstić information content (AvgIpc) is 2.15. The number of hydrogen-bond acceptors (Lipinski definition) is 3. The third-order valence-corrected chi connectivity index (χ3v) is 2.92. The maximum atomic E-state index is 11.8. The monoisotopic (exact) mass is 228 g/mol. The summed E-state index contributed by atoms with van der Waals surface area (Å²) in [6.07, 6.45) is 2.21. The van der Waals surface area contributed by atoms with E-state index < -0.39 is 5.60 Å². The Kier molecular flexibility index (Phi) is 4.74. The van der Waals surface area contributed by atoms with Gasteiger partial charge in [0.25, 0.3) is 0 Å². The Hall–Kier alpha value is -0.610. The van der Waals surface area contributed by atoms with Crippen LogP contribution in [0.2, 0.25) is 0 Å².